The van der Waals surface area contributed by atoms with Gasteiger partial charge in [-0.05, 0) is 5.56 Å². The van der Waals surface area contributed by atoms with E-state index >= 15 is 0 Å². The van der Waals surface area contributed by atoms with E-state index in [0.717, 1.165) is 0 Å². The van der Waals surface area contributed by atoms with Crippen LogP contribution in [0.3, 0.4) is 0 Å². The molecular formula is C8H9O4P. The molecule has 4 nitrogen and oxygen atoms in total. The van der Waals surface area contributed by atoms with E-state index in [4.69, 9.17) is 14.8 Å². The van der Waals surface area contributed by atoms with Gasteiger partial charge in [0, 0.05) is 0 Å². The normalized spacial score (nSPS) is 10.8. The Morgan fingerprint density at radius 2 is 1.69 bits per heavy atom. The molecule has 5 heteroatoms. The number of hydrogen-bond acceptors (Lipinski definition) is 3. The molecule has 2 N–H and O–H groups in total. The third kappa shape index (κ3) is 3.78. The van der Waals surface area contributed by atoms with E-state index in [1.807, 2.05) is 0 Å². The molecular weight excluding hydrogens is 191 g/mol. The molecule has 1 aromatic carbocycles. The van der Waals surface area contributed by atoms with Gasteiger partial charge in [-0.3, -0.25) is 4.57 Å². The second-order valence-electron chi connectivity index (χ2n) is 2.15. The molecule has 13 heavy (non-hydrogen) atoms. The fourth-order valence-corrected chi connectivity index (χ4v) is 0.778. The molecule has 0 heterocycles. The first-order valence-electron chi connectivity index (χ1n) is 3.38. The Morgan fingerprint density at radius 3 is 2.08 bits per heavy atom. The molecule has 0 aromatic heterocycles. The summed E-state index contributed by atoms with van der Waals surface area (Å²) in [5, 5.41) is 17.4. The van der Waals surface area contributed by atoms with Crippen molar-refractivity contribution in [3.8, 4) is 0 Å². The topological polar surface area (TPSA) is 74.6 Å². The van der Waals surface area contributed by atoms with Crippen LogP contribution in [0, 0.1) is 0 Å². The molecule has 0 bridgehead atoms. The standard InChI is InChI=1S/C8H8O3.HOP/c9-7(8(10)11)6-4-2-1-3-5-6;1-2/h1-5,7,9H,(H,10,11);2H/t7-;/m0./s1. The Morgan fingerprint density at radius 1 is 1.23 bits per heavy atom. The lowest BCUT2D eigenvalue weighted by Crippen LogP contribution is -2.09. The maximum absolute atomic E-state index is 10.2. The smallest absolute Gasteiger partial charge is 0.337 e. The minimum atomic E-state index is -1.41. The molecule has 0 aliphatic rings. The summed E-state index contributed by atoms with van der Waals surface area (Å²) in [6.45, 7) is 0. The Labute approximate surface area is 77.5 Å². The van der Waals surface area contributed by atoms with Crippen molar-refractivity contribution in [2.75, 3.05) is 0 Å². The van der Waals surface area contributed by atoms with E-state index in [9.17, 15) is 4.79 Å². The number of hydrogen-bond donors (Lipinski definition) is 2. The average Bonchev–Trinajstić information content (AvgIpc) is 2.21. The minimum Gasteiger partial charge on any atom is -0.479 e. The van der Waals surface area contributed by atoms with Gasteiger partial charge in [-0.15, -0.1) is 0 Å². The van der Waals surface area contributed by atoms with Gasteiger partial charge in [0.2, 0.25) is 0 Å². The molecule has 0 aliphatic carbocycles. The fourth-order valence-electron chi connectivity index (χ4n) is 0.778. The Hall–Kier alpha value is -1.25. The number of carboxylic acids is 1. The zero-order valence-corrected chi connectivity index (χ0v) is 7.68. The summed E-state index contributed by atoms with van der Waals surface area (Å²) in [5.74, 6) is -1.23. The van der Waals surface area contributed by atoms with E-state index in [2.05, 4.69) is 0 Å². The number of benzene rings is 1. The van der Waals surface area contributed by atoms with Gasteiger partial charge in [0.25, 0.3) is 0 Å². The molecule has 70 valence electrons. The van der Waals surface area contributed by atoms with Crippen LogP contribution in [0.4, 0.5) is 0 Å². The highest BCUT2D eigenvalue weighted by Crippen LogP contribution is 2.10. The van der Waals surface area contributed by atoms with Crippen molar-refractivity contribution in [1.29, 1.82) is 0 Å². The third-order valence-electron chi connectivity index (χ3n) is 1.35. The molecule has 1 atom stereocenters. The lowest BCUT2D eigenvalue weighted by atomic mass is 10.1. The minimum absolute atomic E-state index is 0.403. The highest BCUT2D eigenvalue weighted by atomic mass is 31.0. The molecule has 0 unspecified atom stereocenters. The number of carboxylic acid groups (broad SMARTS) is 1. The van der Waals surface area contributed by atoms with Gasteiger partial charge in [-0.2, -0.15) is 0 Å². The van der Waals surface area contributed by atoms with Gasteiger partial charge < -0.3 is 10.2 Å². The van der Waals surface area contributed by atoms with Crippen LogP contribution in [-0.4, -0.2) is 16.2 Å². The summed E-state index contributed by atoms with van der Waals surface area (Å²) in [5.41, 5.74) is 0.403. The van der Waals surface area contributed by atoms with E-state index in [-0.39, 0.29) is 0 Å². The highest BCUT2D eigenvalue weighted by Gasteiger charge is 2.14. The van der Waals surface area contributed by atoms with E-state index in [1.54, 1.807) is 39.5 Å². The first-order valence-corrected chi connectivity index (χ1v) is 3.79. The number of rotatable bonds is 2. The van der Waals surface area contributed by atoms with Gasteiger partial charge in [0.05, 0.1) is 0 Å². The van der Waals surface area contributed by atoms with Crippen molar-refractivity contribution >= 4 is 15.1 Å². The van der Waals surface area contributed by atoms with Crippen LogP contribution in [0.25, 0.3) is 0 Å². The van der Waals surface area contributed by atoms with E-state index < -0.39 is 12.1 Å². The summed E-state index contributed by atoms with van der Waals surface area (Å²) in [4.78, 5) is 10.2. The van der Waals surface area contributed by atoms with Gasteiger partial charge in [-0.1, -0.05) is 30.3 Å². The second kappa shape index (κ2) is 6.29. The average molecular weight is 200 g/mol. The predicted octanol–water partition coefficient (Wildman–Crippen LogP) is 1.28. The van der Waals surface area contributed by atoms with Crippen molar-refractivity contribution < 1.29 is 19.6 Å². The largest absolute Gasteiger partial charge is 0.479 e. The molecule has 0 saturated carbocycles. The van der Waals surface area contributed by atoms with E-state index in [1.165, 1.54) is 0 Å². The van der Waals surface area contributed by atoms with Crippen molar-refractivity contribution in [3.05, 3.63) is 35.9 Å². The maximum atomic E-state index is 10.2. The molecule has 0 amide bonds. The van der Waals surface area contributed by atoms with Crippen molar-refractivity contribution in [1.82, 2.24) is 0 Å². The van der Waals surface area contributed by atoms with Crippen LogP contribution in [0.2, 0.25) is 0 Å². The number of aliphatic hydroxyl groups is 1. The monoisotopic (exact) mass is 200 g/mol. The molecule has 0 radical (unpaired) electrons. The third-order valence-corrected chi connectivity index (χ3v) is 1.35. The summed E-state index contributed by atoms with van der Waals surface area (Å²) < 4.78 is 8.06. The first-order chi connectivity index (χ1) is 6.22. The van der Waals surface area contributed by atoms with Gasteiger partial charge in [0.1, 0.15) is 9.12 Å². The number of aliphatic carboxylic acids is 1. The van der Waals surface area contributed by atoms with Gasteiger partial charge >= 0.3 is 5.97 Å². The van der Waals surface area contributed by atoms with Crippen molar-refractivity contribution in [2.45, 2.75) is 6.10 Å². The molecule has 1 rings (SSSR count). The summed E-state index contributed by atoms with van der Waals surface area (Å²) in [7, 11) is 1.72. The van der Waals surface area contributed by atoms with Crippen LogP contribution in [-0.2, 0) is 9.36 Å². The zero-order chi connectivity index (χ0) is 10.3. The SMILES string of the molecule is O=C(O)[C@@H](O)c1ccccc1.O=P. The second-order valence-corrected chi connectivity index (χ2v) is 2.15. The van der Waals surface area contributed by atoms with Crippen LogP contribution >= 0.6 is 9.12 Å². The highest BCUT2D eigenvalue weighted by molar-refractivity contribution is 7.00. The van der Waals surface area contributed by atoms with Gasteiger partial charge in [0.15, 0.2) is 6.10 Å². The molecule has 0 fully saturated rings. The molecule has 1 aromatic rings. The predicted molar refractivity (Wildman–Crippen MR) is 48.0 cm³/mol. The van der Waals surface area contributed by atoms with Crippen LogP contribution < -0.4 is 0 Å². The maximum Gasteiger partial charge on any atom is 0.337 e. The lowest BCUT2D eigenvalue weighted by molar-refractivity contribution is -0.146. The Bertz CT molecular complexity index is 262. The van der Waals surface area contributed by atoms with Crippen molar-refractivity contribution in [2.24, 2.45) is 0 Å². The summed E-state index contributed by atoms with van der Waals surface area (Å²) in [6.07, 6.45) is -1.41. The molecule has 0 aliphatic heterocycles. The summed E-state index contributed by atoms with van der Waals surface area (Å²) >= 11 is 0. The van der Waals surface area contributed by atoms with Gasteiger partial charge in [-0.25, -0.2) is 4.79 Å². The lowest BCUT2D eigenvalue weighted by Gasteiger charge is -2.03. The van der Waals surface area contributed by atoms with Crippen LogP contribution in [0.5, 0.6) is 0 Å². The zero-order valence-electron chi connectivity index (χ0n) is 6.68. The van der Waals surface area contributed by atoms with Crippen LogP contribution in [0.1, 0.15) is 11.7 Å². The van der Waals surface area contributed by atoms with Crippen molar-refractivity contribution in [3.63, 3.8) is 0 Å². The Kier molecular flexibility index (Phi) is 5.68. The number of carbonyl (C=O) groups is 1. The van der Waals surface area contributed by atoms with E-state index in [0.29, 0.717) is 5.56 Å². The Balaban J connectivity index is 0.000000671. The quantitative estimate of drug-likeness (QED) is 0.705. The molecule has 0 spiro atoms. The number of aliphatic hydroxyl groups excluding tert-OH is 1. The fraction of sp³-hybridized carbons (Fsp3) is 0.125. The summed E-state index contributed by atoms with van der Waals surface area (Å²) in [6, 6.07) is 8.26. The first kappa shape index (κ1) is 11.8. The van der Waals surface area contributed by atoms with Crippen LogP contribution in [0.15, 0.2) is 30.3 Å². The molecule has 0 saturated heterocycles.